The predicted molar refractivity (Wildman–Crippen MR) is 65.5 cm³/mol. The van der Waals surface area contributed by atoms with Crippen molar-refractivity contribution in [2.24, 2.45) is 0 Å². The Balaban J connectivity index is 1.93. The maximum atomic E-state index is 4.69. The van der Waals surface area contributed by atoms with Crippen molar-refractivity contribution < 1.29 is 0 Å². The van der Waals surface area contributed by atoms with Crippen molar-refractivity contribution in [1.29, 1.82) is 0 Å². The van der Waals surface area contributed by atoms with E-state index >= 15 is 0 Å². The number of hydrogen-bond acceptors (Lipinski definition) is 2. The van der Waals surface area contributed by atoms with Crippen LogP contribution >= 0.6 is 0 Å². The second kappa shape index (κ2) is 3.91. The van der Waals surface area contributed by atoms with Crippen molar-refractivity contribution in [3.05, 3.63) is 30.1 Å². The van der Waals surface area contributed by atoms with Gasteiger partial charge in [-0.05, 0) is 38.4 Å². The van der Waals surface area contributed by atoms with E-state index in [1.165, 1.54) is 12.8 Å². The topological polar surface area (TPSA) is 40.7 Å². The van der Waals surface area contributed by atoms with Gasteiger partial charge in [0.05, 0.1) is 11.0 Å². The number of nitrogens with one attached hydrogen (secondary N) is 2. The van der Waals surface area contributed by atoms with Gasteiger partial charge in [0, 0.05) is 12.0 Å². The zero-order chi connectivity index (χ0) is 11.0. The van der Waals surface area contributed by atoms with Crippen LogP contribution in [0.25, 0.3) is 11.0 Å². The summed E-state index contributed by atoms with van der Waals surface area (Å²) in [5, 5.41) is 3.47. The fourth-order valence-electron chi connectivity index (χ4n) is 2.55. The summed E-state index contributed by atoms with van der Waals surface area (Å²) >= 11 is 0. The Labute approximate surface area is 95.3 Å². The molecule has 1 aliphatic heterocycles. The van der Waals surface area contributed by atoms with Gasteiger partial charge in [0.2, 0.25) is 0 Å². The monoisotopic (exact) mass is 215 g/mol. The molecule has 1 saturated heterocycles. The second-order valence-corrected chi connectivity index (χ2v) is 4.72. The Kier molecular flexibility index (Phi) is 2.40. The number of hydrogen-bond donors (Lipinski definition) is 2. The fraction of sp³-hybridized carbons (Fsp3) is 0.462. The minimum Gasteiger partial charge on any atom is -0.342 e. The van der Waals surface area contributed by atoms with Gasteiger partial charge in [-0.3, -0.25) is 0 Å². The van der Waals surface area contributed by atoms with Gasteiger partial charge < -0.3 is 10.3 Å². The first-order valence-electron chi connectivity index (χ1n) is 6.01. The SMILES string of the molecule is CC1CC(c2nc3ccccc3[nH]2)CCN1. The highest BCUT2D eigenvalue weighted by Gasteiger charge is 2.22. The number of aromatic amines is 1. The number of nitrogens with zero attached hydrogens (tertiary/aromatic N) is 1. The molecule has 2 aromatic rings. The van der Waals surface area contributed by atoms with Crippen molar-refractivity contribution in [1.82, 2.24) is 15.3 Å². The van der Waals surface area contributed by atoms with Gasteiger partial charge in [0.25, 0.3) is 0 Å². The van der Waals surface area contributed by atoms with E-state index in [1.807, 2.05) is 6.07 Å². The molecule has 16 heavy (non-hydrogen) atoms. The first-order valence-corrected chi connectivity index (χ1v) is 6.01. The number of H-pyrrole nitrogens is 1. The van der Waals surface area contributed by atoms with E-state index in [-0.39, 0.29) is 0 Å². The molecule has 3 nitrogen and oxygen atoms in total. The molecule has 1 fully saturated rings. The summed E-state index contributed by atoms with van der Waals surface area (Å²) in [5.41, 5.74) is 2.24. The number of imidazole rings is 1. The molecule has 0 spiro atoms. The highest BCUT2D eigenvalue weighted by molar-refractivity contribution is 5.74. The van der Waals surface area contributed by atoms with Crippen LogP contribution in [-0.4, -0.2) is 22.6 Å². The van der Waals surface area contributed by atoms with Crippen LogP contribution in [0, 0.1) is 0 Å². The number of piperidine rings is 1. The van der Waals surface area contributed by atoms with E-state index in [1.54, 1.807) is 0 Å². The number of para-hydroxylation sites is 2. The third-order valence-corrected chi connectivity index (χ3v) is 3.42. The van der Waals surface area contributed by atoms with Crippen molar-refractivity contribution in [2.45, 2.75) is 31.7 Å². The van der Waals surface area contributed by atoms with Crippen LogP contribution in [0.5, 0.6) is 0 Å². The molecule has 2 N–H and O–H groups in total. The first-order chi connectivity index (χ1) is 7.83. The van der Waals surface area contributed by atoms with Crippen LogP contribution in [0.4, 0.5) is 0 Å². The smallest absolute Gasteiger partial charge is 0.110 e. The molecule has 0 saturated carbocycles. The van der Waals surface area contributed by atoms with Crippen LogP contribution < -0.4 is 5.32 Å². The molecule has 0 radical (unpaired) electrons. The molecule has 2 unspecified atom stereocenters. The summed E-state index contributed by atoms with van der Waals surface area (Å²) in [7, 11) is 0. The molecule has 0 aliphatic carbocycles. The molecule has 2 atom stereocenters. The Morgan fingerprint density at radius 1 is 1.31 bits per heavy atom. The minimum absolute atomic E-state index is 0.587. The lowest BCUT2D eigenvalue weighted by atomic mass is 9.93. The third-order valence-electron chi connectivity index (χ3n) is 3.42. The van der Waals surface area contributed by atoms with Crippen molar-refractivity contribution in [3.63, 3.8) is 0 Å². The molecule has 3 heteroatoms. The van der Waals surface area contributed by atoms with Crippen molar-refractivity contribution >= 4 is 11.0 Å². The highest BCUT2D eigenvalue weighted by atomic mass is 15.0. The average Bonchev–Trinajstić information content (AvgIpc) is 2.72. The fourth-order valence-corrected chi connectivity index (χ4v) is 2.55. The van der Waals surface area contributed by atoms with E-state index in [9.17, 15) is 0 Å². The van der Waals surface area contributed by atoms with Crippen molar-refractivity contribution in [3.8, 4) is 0 Å². The maximum Gasteiger partial charge on any atom is 0.110 e. The number of benzene rings is 1. The summed E-state index contributed by atoms with van der Waals surface area (Å²) in [6, 6.07) is 8.86. The van der Waals surface area contributed by atoms with Gasteiger partial charge >= 0.3 is 0 Å². The highest BCUT2D eigenvalue weighted by Crippen LogP contribution is 2.27. The van der Waals surface area contributed by atoms with Gasteiger partial charge in [-0.2, -0.15) is 0 Å². The van der Waals surface area contributed by atoms with E-state index in [4.69, 9.17) is 0 Å². The zero-order valence-corrected chi connectivity index (χ0v) is 9.53. The summed E-state index contributed by atoms with van der Waals surface area (Å²) in [6.07, 6.45) is 2.37. The van der Waals surface area contributed by atoms with E-state index < -0.39 is 0 Å². The van der Waals surface area contributed by atoms with Crippen molar-refractivity contribution in [2.75, 3.05) is 6.54 Å². The molecule has 0 amide bonds. The standard InChI is InChI=1S/C13H17N3/c1-9-8-10(6-7-14-9)13-15-11-4-2-3-5-12(11)16-13/h2-5,9-10,14H,6-8H2,1H3,(H,15,16). The average molecular weight is 215 g/mol. The van der Waals surface area contributed by atoms with Gasteiger partial charge in [-0.1, -0.05) is 12.1 Å². The molecule has 1 aliphatic rings. The normalized spacial score (nSPS) is 26.1. The Morgan fingerprint density at radius 2 is 2.19 bits per heavy atom. The third kappa shape index (κ3) is 1.71. The van der Waals surface area contributed by atoms with E-state index in [0.717, 1.165) is 23.4 Å². The first kappa shape index (κ1) is 9.85. The number of fused-ring (bicyclic) bond motifs is 1. The quantitative estimate of drug-likeness (QED) is 0.767. The van der Waals surface area contributed by atoms with Crippen LogP contribution in [0.2, 0.25) is 0 Å². The minimum atomic E-state index is 0.587. The Hall–Kier alpha value is -1.35. The predicted octanol–water partition coefficient (Wildman–Crippen LogP) is 2.42. The summed E-state index contributed by atoms with van der Waals surface area (Å²) in [4.78, 5) is 8.13. The van der Waals surface area contributed by atoms with E-state index in [0.29, 0.717) is 12.0 Å². The molecule has 84 valence electrons. The second-order valence-electron chi connectivity index (χ2n) is 4.72. The number of aromatic nitrogens is 2. The van der Waals surface area contributed by atoms with Gasteiger partial charge in [0.15, 0.2) is 0 Å². The molecule has 1 aromatic carbocycles. The molecule has 3 rings (SSSR count). The molecular weight excluding hydrogens is 198 g/mol. The lowest BCUT2D eigenvalue weighted by Crippen LogP contribution is -2.35. The van der Waals surface area contributed by atoms with Gasteiger partial charge in [-0.25, -0.2) is 4.98 Å². The van der Waals surface area contributed by atoms with Crippen LogP contribution in [-0.2, 0) is 0 Å². The molecule has 0 bridgehead atoms. The van der Waals surface area contributed by atoms with Crippen LogP contribution in [0.1, 0.15) is 31.5 Å². The Morgan fingerprint density at radius 3 is 3.00 bits per heavy atom. The summed E-state index contributed by atoms with van der Waals surface area (Å²) < 4.78 is 0. The van der Waals surface area contributed by atoms with Crippen LogP contribution in [0.3, 0.4) is 0 Å². The lowest BCUT2D eigenvalue weighted by Gasteiger charge is -2.26. The van der Waals surface area contributed by atoms with Gasteiger partial charge in [0.1, 0.15) is 5.82 Å². The summed E-state index contributed by atoms with van der Waals surface area (Å²) in [6.45, 7) is 3.34. The summed E-state index contributed by atoms with van der Waals surface area (Å²) in [5.74, 6) is 1.75. The largest absolute Gasteiger partial charge is 0.342 e. The zero-order valence-electron chi connectivity index (χ0n) is 9.53. The van der Waals surface area contributed by atoms with Crippen LogP contribution in [0.15, 0.2) is 24.3 Å². The molecule has 1 aromatic heterocycles. The van der Waals surface area contributed by atoms with E-state index in [2.05, 4.69) is 40.4 Å². The maximum absolute atomic E-state index is 4.69. The molecule has 2 heterocycles. The number of rotatable bonds is 1. The lowest BCUT2D eigenvalue weighted by molar-refractivity contribution is 0.373. The Bertz CT molecular complexity index is 456. The molecular formula is C13H17N3. The van der Waals surface area contributed by atoms with Gasteiger partial charge in [-0.15, -0.1) is 0 Å².